The lowest BCUT2D eigenvalue weighted by molar-refractivity contribution is -0.123. The van der Waals surface area contributed by atoms with Gasteiger partial charge in [-0.05, 0) is 36.8 Å². The van der Waals surface area contributed by atoms with E-state index in [0.717, 1.165) is 30.9 Å². The third-order valence-corrected chi connectivity index (χ3v) is 6.10. The molecule has 1 aromatic heterocycles. The van der Waals surface area contributed by atoms with Gasteiger partial charge in [0.1, 0.15) is 5.82 Å². The zero-order chi connectivity index (χ0) is 15.7. The van der Waals surface area contributed by atoms with Gasteiger partial charge in [0.2, 0.25) is 5.91 Å². The lowest BCUT2D eigenvalue weighted by atomic mass is 9.91. The van der Waals surface area contributed by atoms with Gasteiger partial charge in [0, 0.05) is 31.5 Å². The largest absolute Gasteiger partial charge is 0.370 e. The highest BCUT2D eigenvalue weighted by Gasteiger charge is 2.36. The van der Waals surface area contributed by atoms with Gasteiger partial charge in [0.15, 0.2) is 9.84 Å². The van der Waals surface area contributed by atoms with Crippen molar-refractivity contribution >= 4 is 21.6 Å². The fourth-order valence-corrected chi connectivity index (χ4v) is 4.56. The predicted molar refractivity (Wildman–Crippen MR) is 84.5 cm³/mol. The second kappa shape index (κ2) is 5.87. The number of piperidine rings is 1. The van der Waals surface area contributed by atoms with Crippen LogP contribution in [0.3, 0.4) is 0 Å². The van der Waals surface area contributed by atoms with Gasteiger partial charge in [-0.15, -0.1) is 0 Å². The quantitative estimate of drug-likeness (QED) is 0.847. The molecule has 1 saturated heterocycles. The molecular weight excluding hydrogens is 302 g/mol. The summed E-state index contributed by atoms with van der Waals surface area (Å²) >= 11 is 0. The first kappa shape index (κ1) is 15.3. The number of aromatic nitrogens is 1. The number of hydrogen-bond acceptors (Lipinski definition) is 5. The Morgan fingerprint density at radius 1 is 1.32 bits per heavy atom. The highest BCUT2D eigenvalue weighted by molar-refractivity contribution is 7.91. The van der Waals surface area contributed by atoms with Gasteiger partial charge in [0.25, 0.3) is 0 Å². The lowest BCUT2D eigenvalue weighted by Crippen LogP contribution is -2.48. The van der Waals surface area contributed by atoms with Crippen molar-refractivity contribution in [3.05, 3.63) is 23.4 Å². The van der Waals surface area contributed by atoms with E-state index in [-0.39, 0.29) is 24.8 Å². The van der Waals surface area contributed by atoms with Crippen LogP contribution in [0.1, 0.15) is 24.1 Å². The van der Waals surface area contributed by atoms with E-state index in [4.69, 9.17) is 0 Å². The number of carbonyl (C=O) groups is 1. The molecule has 22 heavy (non-hydrogen) atoms. The monoisotopic (exact) mass is 323 g/mol. The Morgan fingerprint density at radius 2 is 2.14 bits per heavy atom. The standard InChI is InChI=1S/C15H21N3O3S/c1-22(20,21)13-9-17-14(19)8-11(13)7-12-5-4-10-3-2-6-16-15(10)18-12/h4-5,11,13H,2-3,6-9H2,1H3,(H,16,18)(H,17,19). The summed E-state index contributed by atoms with van der Waals surface area (Å²) in [4.78, 5) is 16.2. The zero-order valence-electron chi connectivity index (χ0n) is 12.6. The molecular formula is C15H21N3O3S. The van der Waals surface area contributed by atoms with Crippen LogP contribution >= 0.6 is 0 Å². The first-order valence-electron chi connectivity index (χ1n) is 7.62. The number of pyridine rings is 1. The van der Waals surface area contributed by atoms with E-state index in [1.54, 1.807) is 0 Å². The van der Waals surface area contributed by atoms with Crippen molar-refractivity contribution in [2.45, 2.75) is 30.9 Å². The van der Waals surface area contributed by atoms with Crippen molar-refractivity contribution in [2.75, 3.05) is 24.7 Å². The first-order valence-corrected chi connectivity index (χ1v) is 9.57. The lowest BCUT2D eigenvalue weighted by Gasteiger charge is -2.30. The van der Waals surface area contributed by atoms with Crippen LogP contribution in [0.5, 0.6) is 0 Å². The molecule has 1 amide bonds. The van der Waals surface area contributed by atoms with E-state index in [1.807, 2.05) is 6.07 Å². The van der Waals surface area contributed by atoms with Crippen molar-refractivity contribution in [3.63, 3.8) is 0 Å². The van der Waals surface area contributed by atoms with Gasteiger partial charge >= 0.3 is 0 Å². The Kier molecular flexibility index (Phi) is 4.08. The number of nitrogens with zero attached hydrogens (tertiary/aromatic N) is 1. The summed E-state index contributed by atoms with van der Waals surface area (Å²) in [6.45, 7) is 1.12. The Labute approximate surface area is 130 Å². The average molecular weight is 323 g/mol. The molecule has 0 aliphatic carbocycles. The van der Waals surface area contributed by atoms with Crippen molar-refractivity contribution in [3.8, 4) is 0 Å². The molecule has 1 fully saturated rings. The number of hydrogen-bond donors (Lipinski definition) is 2. The van der Waals surface area contributed by atoms with Crippen molar-refractivity contribution in [1.82, 2.24) is 10.3 Å². The average Bonchev–Trinajstić information content (AvgIpc) is 2.46. The highest BCUT2D eigenvalue weighted by Crippen LogP contribution is 2.26. The summed E-state index contributed by atoms with van der Waals surface area (Å²) in [5.41, 5.74) is 2.05. The number of fused-ring (bicyclic) bond motifs is 1. The number of rotatable bonds is 3. The molecule has 0 aromatic carbocycles. The minimum atomic E-state index is -3.19. The van der Waals surface area contributed by atoms with Crippen molar-refractivity contribution < 1.29 is 13.2 Å². The molecule has 6 nitrogen and oxygen atoms in total. The van der Waals surface area contributed by atoms with Gasteiger partial charge in [-0.2, -0.15) is 0 Å². The summed E-state index contributed by atoms with van der Waals surface area (Å²) in [6, 6.07) is 4.01. The first-order chi connectivity index (χ1) is 10.4. The summed E-state index contributed by atoms with van der Waals surface area (Å²) in [6.07, 6.45) is 4.12. The number of nitrogens with one attached hydrogen (secondary N) is 2. The third kappa shape index (κ3) is 3.24. The molecule has 2 atom stereocenters. The molecule has 3 rings (SSSR count). The van der Waals surface area contributed by atoms with E-state index < -0.39 is 15.1 Å². The fraction of sp³-hybridized carbons (Fsp3) is 0.600. The molecule has 2 unspecified atom stereocenters. The van der Waals surface area contributed by atoms with E-state index in [2.05, 4.69) is 21.7 Å². The van der Waals surface area contributed by atoms with E-state index in [9.17, 15) is 13.2 Å². The van der Waals surface area contributed by atoms with Crippen LogP contribution in [0.25, 0.3) is 0 Å². The summed E-state index contributed by atoms with van der Waals surface area (Å²) in [7, 11) is -3.19. The predicted octanol–water partition coefficient (Wildman–Crippen LogP) is 0.531. The number of carbonyl (C=O) groups excluding carboxylic acids is 1. The second-order valence-electron chi connectivity index (χ2n) is 6.18. The smallest absolute Gasteiger partial charge is 0.220 e. The third-order valence-electron chi connectivity index (χ3n) is 4.45. The molecule has 1 aromatic rings. The zero-order valence-corrected chi connectivity index (χ0v) is 13.4. The topological polar surface area (TPSA) is 88.2 Å². The van der Waals surface area contributed by atoms with Crippen LogP contribution in [-0.4, -0.2) is 43.9 Å². The summed E-state index contributed by atoms with van der Waals surface area (Å²) < 4.78 is 23.9. The number of anilines is 1. The maximum absolute atomic E-state index is 11.9. The fourth-order valence-electron chi connectivity index (χ4n) is 3.28. The van der Waals surface area contributed by atoms with Gasteiger partial charge in [-0.25, -0.2) is 13.4 Å². The minimum absolute atomic E-state index is 0.0824. The molecule has 2 N–H and O–H groups in total. The Balaban J connectivity index is 1.82. The number of aryl methyl sites for hydroxylation is 1. The van der Waals surface area contributed by atoms with E-state index >= 15 is 0 Å². The number of sulfone groups is 1. The highest BCUT2D eigenvalue weighted by atomic mass is 32.2. The van der Waals surface area contributed by atoms with Crippen LogP contribution in [0, 0.1) is 5.92 Å². The Morgan fingerprint density at radius 3 is 2.91 bits per heavy atom. The van der Waals surface area contributed by atoms with Crippen LogP contribution in [0.4, 0.5) is 5.82 Å². The van der Waals surface area contributed by atoms with Gasteiger partial charge in [-0.1, -0.05) is 6.07 Å². The summed E-state index contributed by atoms with van der Waals surface area (Å²) in [5.74, 6) is 0.610. The minimum Gasteiger partial charge on any atom is -0.370 e. The Hall–Kier alpha value is -1.63. The van der Waals surface area contributed by atoms with E-state index in [1.165, 1.54) is 11.8 Å². The van der Waals surface area contributed by atoms with Gasteiger partial charge in [-0.3, -0.25) is 4.79 Å². The molecule has 0 radical (unpaired) electrons. The molecule has 0 spiro atoms. The normalized spacial score (nSPS) is 25.0. The molecule has 0 bridgehead atoms. The maximum atomic E-state index is 11.9. The molecule has 120 valence electrons. The van der Waals surface area contributed by atoms with Crippen LogP contribution in [-0.2, 0) is 27.5 Å². The van der Waals surface area contributed by atoms with Gasteiger partial charge < -0.3 is 10.6 Å². The molecule has 0 saturated carbocycles. The maximum Gasteiger partial charge on any atom is 0.220 e. The molecule has 3 heterocycles. The molecule has 2 aliphatic rings. The Bertz CT molecular complexity index is 687. The number of amides is 1. The van der Waals surface area contributed by atoms with Crippen molar-refractivity contribution in [2.24, 2.45) is 5.92 Å². The van der Waals surface area contributed by atoms with Crippen molar-refractivity contribution in [1.29, 1.82) is 0 Å². The van der Waals surface area contributed by atoms with Gasteiger partial charge in [0.05, 0.1) is 5.25 Å². The summed E-state index contributed by atoms with van der Waals surface area (Å²) in [5, 5.41) is 5.40. The van der Waals surface area contributed by atoms with E-state index in [0.29, 0.717) is 6.42 Å². The molecule has 7 heteroatoms. The SMILES string of the molecule is CS(=O)(=O)C1CNC(=O)CC1Cc1ccc2c(n1)NCCC2. The van der Waals surface area contributed by atoms with Crippen LogP contribution < -0.4 is 10.6 Å². The molecule has 2 aliphatic heterocycles. The van der Waals surface area contributed by atoms with Crippen LogP contribution in [0.15, 0.2) is 12.1 Å². The van der Waals surface area contributed by atoms with Crippen LogP contribution in [0.2, 0.25) is 0 Å². The second-order valence-corrected chi connectivity index (χ2v) is 8.45.